The third-order valence-electron chi connectivity index (χ3n) is 5.38. The van der Waals surface area contributed by atoms with E-state index in [2.05, 4.69) is 64.2 Å². The van der Waals surface area contributed by atoms with Gasteiger partial charge in [-0.05, 0) is 41.5 Å². The Kier molecular flexibility index (Phi) is 6.55. The van der Waals surface area contributed by atoms with Gasteiger partial charge in [0.25, 0.3) is 5.91 Å². The van der Waals surface area contributed by atoms with Crippen molar-refractivity contribution in [3.05, 3.63) is 133 Å². The van der Waals surface area contributed by atoms with E-state index in [0.717, 1.165) is 5.56 Å². The predicted octanol–water partition coefficient (Wildman–Crippen LogP) is 4.34. The molecule has 1 heterocycles. The molecule has 0 saturated heterocycles. The van der Waals surface area contributed by atoms with Crippen molar-refractivity contribution in [2.75, 3.05) is 5.32 Å². The van der Waals surface area contributed by atoms with Gasteiger partial charge < -0.3 is 5.32 Å². The second kappa shape index (κ2) is 10.2. The van der Waals surface area contributed by atoms with Crippen molar-refractivity contribution in [2.24, 2.45) is 0 Å². The molecule has 0 bridgehead atoms. The molecule has 5 nitrogen and oxygen atoms in total. The lowest BCUT2D eigenvalue weighted by atomic mass is 10.2. The number of carbonyl (C=O) groups excluding carboxylic acids is 1. The molecule has 166 valence electrons. The lowest BCUT2D eigenvalue weighted by Crippen LogP contribution is -2.21. The van der Waals surface area contributed by atoms with Crippen LogP contribution in [-0.4, -0.2) is 20.9 Å². The maximum Gasteiger partial charge on any atom is 0.256 e. The molecule has 0 radical (unpaired) electrons. The number of aromatic nitrogens is 3. The molecule has 5 rings (SSSR count). The largest absolute Gasteiger partial charge is 0.304 e. The van der Waals surface area contributed by atoms with Gasteiger partial charge in [-0.1, -0.05) is 108 Å². The fourth-order valence-corrected chi connectivity index (χ4v) is 6.04. The minimum atomic E-state index is -0.704. The fourth-order valence-electron chi connectivity index (χ4n) is 3.76. The highest BCUT2D eigenvalue weighted by molar-refractivity contribution is 7.79. The maximum atomic E-state index is 12.8. The Morgan fingerprint density at radius 1 is 0.706 bits per heavy atom. The number of carbonyl (C=O) groups is 1. The van der Waals surface area contributed by atoms with Gasteiger partial charge in [-0.15, -0.1) is 5.10 Å². The molecule has 0 atom stereocenters. The number of nitrogens with one attached hydrogen (secondary N) is 1. The molecule has 0 fully saturated rings. The van der Waals surface area contributed by atoms with Crippen LogP contribution < -0.4 is 21.2 Å². The number of nitrogens with zero attached hydrogens (tertiary/aromatic N) is 3. The van der Waals surface area contributed by atoms with Crippen molar-refractivity contribution in [3.8, 4) is 0 Å². The van der Waals surface area contributed by atoms with Crippen LogP contribution in [0, 0.1) is 0 Å². The second-order valence-electron chi connectivity index (χ2n) is 7.79. The molecule has 0 unspecified atom stereocenters. The van der Waals surface area contributed by atoms with Crippen LogP contribution in [0.1, 0.15) is 15.9 Å². The third-order valence-corrected chi connectivity index (χ3v) is 7.83. The summed E-state index contributed by atoms with van der Waals surface area (Å²) < 4.78 is 1.71. The summed E-state index contributed by atoms with van der Waals surface area (Å²) in [4.78, 5) is 12.8. The van der Waals surface area contributed by atoms with Crippen molar-refractivity contribution in [2.45, 2.75) is 6.54 Å². The molecule has 0 aliphatic carbocycles. The maximum absolute atomic E-state index is 12.8. The van der Waals surface area contributed by atoms with Crippen molar-refractivity contribution >= 4 is 35.6 Å². The Hall–Kier alpha value is -4.08. The van der Waals surface area contributed by atoms with Crippen LogP contribution >= 0.6 is 7.92 Å². The van der Waals surface area contributed by atoms with Gasteiger partial charge in [0.1, 0.15) is 0 Å². The summed E-state index contributed by atoms with van der Waals surface area (Å²) in [6.07, 6.45) is 1.74. The summed E-state index contributed by atoms with van der Waals surface area (Å²) in [5.74, 6) is 0.225. The molecule has 1 aromatic heterocycles. The predicted molar refractivity (Wildman–Crippen MR) is 139 cm³/mol. The first-order valence-electron chi connectivity index (χ1n) is 11.0. The van der Waals surface area contributed by atoms with E-state index in [-0.39, 0.29) is 5.91 Å². The monoisotopic (exact) mass is 462 g/mol. The van der Waals surface area contributed by atoms with E-state index < -0.39 is 7.92 Å². The van der Waals surface area contributed by atoms with Crippen LogP contribution in [0.15, 0.2) is 121 Å². The molecule has 5 aromatic rings. The third kappa shape index (κ3) is 5.11. The average Bonchev–Trinajstić information content (AvgIpc) is 3.33. The lowest BCUT2D eigenvalue weighted by Gasteiger charge is -2.19. The molecule has 0 aliphatic rings. The zero-order valence-electron chi connectivity index (χ0n) is 18.5. The molecule has 0 spiro atoms. The van der Waals surface area contributed by atoms with Crippen molar-refractivity contribution in [1.82, 2.24) is 15.0 Å². The van der Waals surface area contributed by atoms with E-state index in [1.54, 1.807) is 10.9 Å². The average molecular weight is 462 g/mol. The number of hydrogen-bond donors (Lipinski definition) is 1. The van der Waals surface area contributed by atoms with Crippen LogP contribution in [-0.2, 0) is 6.54 Å². The molecule has 0 aliphatic heterocycles. The van der Waals surface area contributed by atoms with Gasteiger partial charge in [0, 0.05) is 5.56 Å². The highest BCUT2D eigenvalue weighted by Gasteiger charge is 2.17. The topological polar surface area (TPSA) is 59.8 Å². The molecular weight excluding hydrogens is 439 g/mol. The van der Waals surface area contributed by atoms with E-state index >= 15 is 0 Å². The van der Waals surface area contributed by atoms with Gasteiger partial charge in [-0.3, -0.25) is 4.79 Å². The first-order valence-corrected chi connectivity index (χ1v) is 12.4. The smallest absolute Gasteiger partial charge is 0.256 e. The zero-order chi connectivity index (χ0) is 23.2. The summed E-state index contributed by atoms with van der Waals surface area (Å²) >= 11 is 0. The van der Waals surface area contributed by atoms with E-state index in [1.807, 2.05) is 66.7 Å². The van der Waals surface area contributed by atoms with Crippen LogP contribution in [0.5, 0.6) is 0 Å². The van der Waals surface area contributed by atoms with E-state index in [0.29, 0.717) is 17.9 Å². The molecule has 1 N–H and O–H groups in total. The van der Waals surface area contributed by atoms with Crippen molar-refractivity contribution < 1.29 is 4.79 Å². The van der Waals surface area contributed by atoms with Gasteiger partial charge in [0.15, 0.2) is 5.82 Å². The van der Waals surface area contributed by atoms with Crippen LogP contribution in [0.4, 0.5) is 5.82 Å². The standard InChI is InChI=1S/C28H23N4OP/c33-28(29-27-21-32(31-30-27)20-22-10-4-1-5-11-22)23-16-18-26(19-17-23)34(24-12-6-2-7-13-24)25-14-8-3-9-15-25/h1-19,21H,20H2,(H,29,33). The normalized spacial score (nSPS) is 10.9. The van der Waals surface area contributed by atoms with Crippen LogP contribution in [0.3, 0.4) is 0 Å². The van der Waals surface area contributed by atoms with Crippen molar-refractivity contribution in [3.63, 3.8) is 0 Å². The van der Waals surface area contributed by atoms with Gasteiger partial charge >= 0.3 is 0 Å². The molecule has 1 amide bonds. The molecular formula is C28H23N4OP. The Balaban J connectivity index is 1.32. The van der Waals surface area contributed by atoms with Crippen molar-refractivity contribution in [1.29, 1.82) is 0 Å². The Morgan fingerprint density at radius 2 is 1.24 bits per heavy atom. The quantitative estimate of drug-likeness (QED) is 0.366. The SMILES string of the molecule is O=C(Nc1cn(Cc2ccccc2)nn1)c1ccc(P(c2ccccc2)c2ccccc2)cc1. The molecule has 4 aromatic carbocycles. The van der Waals surface area contributed by atoms with Gasteiger partial charge in [-0.25, -0.2) is 4.68 Å². The Labute approximate surface area is 199 Å². The molecule has 0 saturated carbocycles. The van der Waals surface area contributed by atoms with E-state index in [9.17, 15) is 4.79 Å². The number of hydrogen-bond acceptors (Lipinski definition) is 3. The summed E-state index contributed by atoms with van der Waals surface area (Å²) in [6.45, 7) is 0.598. The Morgan fingerprint density at radius 3 is 1.82 bits per heavy atom. The zero-order valence-corrected chi connectivity index (χ0v) is 19.3. The minimum absolute atomic E-state index is 0.206. The van der Waals surface area contributed by atoms with Crippen LogP contribution in [0.25, 0.3) is 0 Å². The number of rotatable bonds is 7. The number of amides is 1. The summed E-state index contributed by atoms with van der Waals surface area (Å²) in [6, 6.07) is 38.9. The first-order chi connectivity index (χ1) is 16.8. The van der Waals surface area contributed by atoms with Gasteiger partial charge in [0.05, 0.1) is 12.7 Å². The summed E-state index contributed by atoms with van der Waals surface area (Å²) in [5.41, 5.74) is 1.70. The molecule has 6 heteroatoms. The Bertz CT molecular complexity index is 1310. The summed E-state index contributed by atoms with van der Waals surface area (Å²) in [7, 11) is -0.704. The minimum Gasteiger partial charge on any atom is -0.304 e. The van der Waals surface area contributed by atoms with E-state index in [4.69, 9.17) is 0 Å². The fraction of sp³-hybridized carbons (Fsp3) is 0.0357. The lowest BCUT2D eigenvalue weighted by molar-refractivity contribution is 0.102. The number of anilines is 1. The second-order valence-corrected chi connectivity index (χ2v) is 10.0. The highest BCUT2D eigenvalue weighted by atomic mass is 31.1. The molecule has 34 heavy (non-hydrogen) atoms. The van der Waals surface area contributed by atoms with Crippen LogP contribution in [0.2, 0.25) is 0 Å². The summed E-state index contributed by atoms with van der Waals surface area (Å²) in [5, 5.41) is 14.8. The highest BCUT2D eigenvalue weighted by Crippen LogP contribution is 2.32. The van der Waals surface area contributed by atoms with E-state index in [1.165, 1.54) is 15.9 Å². The first kappa shape index (κ1) is 21.7. The van der Waals surface area contributed by atoms with Gasteiger partial charge in [-0.2, -0.15) is 0 Å². The number of benzene rings is 4. The van der Waals surface area contributed by atoms with Gasteiger partial charge in [0.2, 0.25) is 0 Å².